The van der Waals surface area contributed by atoms with Crippen LogP contribution >= 0.6 is 0 Å². The predicted molar refractivity (Wildman–Crippen MR) is 124 cm³/mol. The van der Waals surface area contributed by atoms with Crippen LogP contribution in [0.5, 0.6) is 0 Å². The second-order valence-electron chi connectivity index (χ2n) is 10.3. The molecule has 2 bridgehead atoms. The van der Waals surface area contributed by atoms with Gasteiger partial charge in [0.25, 0.3) is 5.91 Å². The summed E-state index contributed by atoms with van der Waals surface area (Å²) in [7, 11) is 0. The van der Waals surface area contributed by atoms with Crippen LogP contribution in [0.4, 0.5) is 9.59 Å². The van der Waals surface area contributed by atoms with Crippen molar-refractivity contribution in [2.45, 2.75) is 76.8 Å². The minimum absolute atomic E-state index is 0.103. The maximum absolute atomic E-state index is 12.9. The minimum Gasteiger partial charge on any atom is -0.444 e. The van der Waals surface area contributed by atoms with Gasteiger partial charge in [0.15, 0.2) is 0 Å². The molecule has 1 aromatic rings. The Morgan fingerprint density at radius 3 is 2.40 bits per heavy atom. The summed E-state index contributed by atoms with van der Waals surface area (Å²) in [4.78, 5) is 57.1. The standard InChI is InChI=1S/C24H33N5O6/c1-24(2,3)35-22(32)25-17-11-16(12-17)20(30)26-27-21(31)19-10-9-18-13-28(19)23(33)29(18)34-14-15-7-5-4-6-8-15/h4-8,16-19H,9-14H2,1-3H3,(H,25,32)(H,26,30)(H,27,31)/t16-,17-,18-,19-/m0/s1. The van der Waals surface area contributed by atoms with Gasteiger partial charge in [0.05, 0.1) is 6.04 Å². The largest absolute Gasteiger partial charge is 0.444 e. The maximum atomic E-state index is 12.9. The zero-order valence-electron chi connectivity index (χ0n) is 20.3. The van der Waals surface area contributed by atoms with Crippen LogP contribution in [0.3, 0.4) is 0 Å². The molecule has 2 aliphatic heterocycles. The van der Waals surface area contributed by atoms with E-state index < -0.39 is 23.6 Å². The summed E-state index contributed by atoms with van der Waals surface area (Å²) in [6, 6.07) is 8.30. The SMILES string of the molecule is CC(C)(C)OC(=O)N[C@H]1C[C@H](C(=O)NNC(=O)[C@@H]2CC[C@H]3CN2C(=O)N3OCc2ccccc2)C1. The number of nitrogens with one attached hydrogen (secondary N) is 3. The topological polar surface area (TPSA) is 129 Å². The minimum atomic E-state index is -0.674. The van der Waals surface area contributed by atoms with Crippen molar-refractivity contribution < 1.29 is 28.8 Å². The number of amides is 5. The van der Waals surface area contributed by atoms with E-state index in [-0.39, 0.29) is 36.5 Å². The van der Waals surface area contributed by atoms with Gasteiger partial charge < -0.3 is 15.0 Å². The van der Waals surface area contributed by atoms with E-state index in [0.717, 1.165) is 5.56 Å². The highest BCUT2D eigenvalue weighted by Crippen LogP contribution is 2.31. The molecule has 3 N–H and O–H groups in total. The van der Waals surface area contributed by atoms with Crippen LogP contribution in [0.15, 0.2) is 30.3 Å². The van der Waals surface area contributed by atoms with E-state index in [9.17, 15) is 19.2 Å². The summed E-state index contributed by atoms with van der Waals surface area (Å²) >= 11 is 0. The predicted octanol–water partition coefficient (Wildman–Crippen LogP) is 1.84. The Hall–Kier alpha value is -3.34. The Balaban J connectivity index is 1.19. The number of benzene rings is 1. The van der Waals surface area contributed by atoms with Gasteiger partial charge >= 0.3 is 12.1 Å². The van der Waals surface area contributed by atoms with Crippen molar-refractivity contribution in [2.75, 3.05) is 6.54 Å². The van der Waals surface area contributed by atoms with Crippen molar-refractivity contribution in [1.29, 1.82) is 0 Å². The van der Waals surface area contributed by atoms with E-state index in [0.29, 0.717) is 32.2 Å². The molecule has 2 heterocycles. The van der Waals surface area contributed by atoms with Crippen molar-refractivity contribution in [2.24, 2.45) is 5.92 Å². The zero-order valence-corrected chi connectivity index (χ0v) is 20.3. The Bertz CT molecular complexity index is 959. The first kappa shape index (κ1) is 24.8. The lowest BCUT2D eigenvalue weighted by atomic mass is 9.80. The average Bonchev–Trinajstić information content (AvgIpc) is 3.01. The molecule has 4 rings (SSSR count). The van der Waals surface area contributed by atoms with Crippen molar-refractivity contribution in [3.63, 3.8) is 0 Å². The summed E-state index contributed by atoms with van der Waals surface area (Å²) in [5.41, 5.74) is 5.28. The number of carbonyl (C=O) groups excluding carboxylic acids is 4. The number of hydrazine groups is 1. The van der Waals surface area contributed by atoms with Crippen LogP contribution in [-0.4, -0.2) is 64.2 Å². The van der Waals surface area contributed by atoms with E-state index in [2.05, 4.69) is 16.2 Å². The number of fused-ring (bicyclic) bond motifs is 2. The number of hydrogen-bond donors (Lipinski definition) is 3. The number of piperidine rings is 1. The van der Waals surface area contributed by atoms with Crippen LogP contribution in [0.2, 0.25) is 0 Å². The third kappa shape index (κ3) is 6.02. The molecule has 5 amide bonds. The first-order valence-electron chi connectivity index (χ1n) is 12.0. The van der Waals surface area contributed by atoms with Gasteiger partial charge in [-0.3, -0.25) is 25.3 Å². The monoisotopic (exact) mass is 487 g/mol. The van der Waals surface area contributed by atoms with Crippen LogP contribution in [-0.2, 0) is 25.8 Å². The van der Waals surface area contributed by atoms with Gasteiger partial charge in [-0.25, -0.2) is 9.59 Å². The molecule has 0 spiro atoms. The van der Waals surface area contributed by atoms with E-state index in [1.54, 1.807) is 20.8 Å². The van der Waals surface area contributed by atoms with E-state index in [1.165, 1.54) is 9.96 Å². The molecule has 11 heteroatoms. The fourth-order valence-electron chi connectivity index (χ4n) is 4.52. The molecule has 190 valence electrons. The van der Waals surface area contributed by atoms with Crippen LogP contribution in [0, 0.1) is 5.92 Å². The van der Waals surface area contributed by atoms with Gasteiger partial charge in [-0.2, -0.15) is 5.06 Å². The molecule has 3 aliphatic rings. The Morgan fingerprint density at radius 1 is 1.03 bits per heavy atom. The lowest BCUT2D eigenvalue weighted by molar-refractivity contribution is -0.140. The summed E-state index contributed by atoms with van der Waals surface area (Å²) in [6.07, 6.45) is 1.52. The molecule has 1 aromatic carbocycles. The summed E-state index contributed by atoms with van der Waals surface area (Å²) in [5, 5.41) is 4.10. The van der Waals surface area contributed by atoms with Gasteiger partial charge in [-0.1, -0.05) is 30.3 Å². The Morgan fingerprint density at radius 2 is 1.71 bits per heavy atom. The van der Waals surface area contributed by atoms with Crippen molar-refractivity contribution in [3.8, 4) is 0 Å². The number of alkyl carbamates (subject to hydrolysis) is 1. The van der Waals surface area contributed by atoms with Crippen molar-refractivity contribution in [3.05, 3.63) is 35.9 Å². The third-order valence-corrected chi connectivity index (χ3v) is 6.38. The molecule has 2 saturated heterocycles. The van der Waals surface area contributed by atoms with E-state index >= 15 is 0 Å². The first-order chi connectivity index (χ1) is 16.6. The summed E-state index contributed by atoms with van der Waals surface area (Å²) in [6.45, 7) is 6.02. The molecular weight excluding hydrogens is 454 g/mol. The molecule has 3 fully saturated rings. The first-order valence-corrected chi connectivity index (χ1v) is 12.0. The summed E-state index contributed by atoms with van der Waals surface area (Å²) < 4.78 is 5.21. The molecular formula is C24H33N5O6. The van der Waals surface area contributed by atoms with E-state index in [1.807, 2.05) is 30.3 Å². The van der Waals surface area contributed by atoms with Crippen LogP contribution < -0.4 is 16.2 Å². The highest BCUT2D eigenvalue weighted by Gasteiger charge is 2.48. The second-order valence-corrected chi connectivity index (χ2v) is 10.3. The molecule has 0 unspecified atom stereocenters. The third-order valence-electron chi connectivity index (χ3n) is 6.38. The Kier molecular flexibility index (Phi) is 7.15. The van der Waals surface area contributed by atoms with Crippen molar-refractivity contribution >= 4 is 23.9 Å². The second kappa shape index (κ2) is 10.1. The number of rotatable bonds is 6. The highest BCUT2D eigenvalue weighted by molar-refractivity contribution is 5.90. The van der Waals surface area contributed by atoms with Gasteiger partial charge in [0, 0.05) is 18.5 Å². The van der Waals surface area contributed by atoms with Gasteiger partial charge in [-0.15, -0.1) is 0 Å². The number of nitrogens with zero attached hydrogens (tertiary/aromatic N) is 2. The van der Waals surface area contributed by atoms with Crippen LogP contribution in [0.1, 0.15) is 52.0 Å². The zero-order chi connectivity index (χ0) is 25.2. The quantitative estimate of drug-likeness (QED) is 0.525. The fourth-order valence-corrected chi connectivity index (χ4v) is 4.52. The lowest BCUT2D eigenvalue weighted by Gasteiger charge is -2.35. The van der Waals surface area contributed by atoms with Crippen molar-refractivity contribution in [1.82, 2.24) is 26.1 Å². The van der Waals surface area contributed by atoms with Gasteiger partial charge in [0.1, 0.15) is 18.2 Å². The fraction of sp³-hybridized carbons (Fsp3) is 0.583. The number of ether oxygens (including phenoxy) is 1. The van der Waals surface area contributed by atoms with E-state index in [4.69, 9.17) is 9.57 Å². The van der Waals surface area contributed by atoms with Gasteiger partial charge in [0.2, 0.25) is 5.91 Å². The molecule has 0 aromatic heterocycles. The normalized spacial score (nSPS) is 25.5. The van der Waals surface area contributed by atoms with Crippen LogP contribution in [0.25, 0.3) is 0 Å². The smallest absolute Gasteiger partial charge is 0.407 e. The summed E-state index contributed by atoms with van der Waals surface area (Å²) in [5.74, 6) is -1.08. The van der Waals surface area contributed by atoms with Gasteiger partial charge in [-0.05, 0) is 52.0 Å². The number of hydrogen-bond acceptors (Lipinski definition) is 6. The Labute approximate surface area is 204 Å². The number of hydroxylamine groups is 2. The highest BCUT2D eigenvalue weighted by atomic mass is 16.7. The molecule has 35 heavy (non-hydrogen) atoms. The average molecular weight is 488 g/mol. The molecule has 2 atom stereocenters. The molecule has 11 nitrogen and oxygen atoms in total. The lowest BCUT2D eigenvalue weighted by Crippen LogP contribution is -2.57. The molecule has 0 radical (unpaired) electrons. The number of urea groups is 1. The molecule has 1 aliphatic carbocycles. The number of carbonyl (C=O) groups is 4. The molecule has 1 saturated carbocycles. The maximum Gasteiger partial charge on any atom is 0.407 e.